The minimum Gasteiger partial charge on any atom is -0.492 e. The maximum absolute atomic E-state index is 13.5. The number of hydrogen-bond donors (Lipinski definition) is 1. The van der Waals surface area contributed by atoms with Crippen molar-refractivity contribution in [2.45, 2.75) is 24.8 Å². The number of carbonyl (C=O) groups is 1. The molecule has 0 aliphatic carbocycles. The number of rotatable bonds is 7. The number of sulfonamides is 1. The number of hydrogen-bond acceptors (Lipinski definition) is 5. The molecule has 0 aromatic heterocycles. The minimum absolute atomic E-state index is 0.122. The van der Waals surface area contributed by atoms with Gasteiger partial charge in [-0.05, 0) is 61.9 Å². The van der Waals surface area contributed by atoms with E-state index in [4.69, 9.17) is 21.1 Å². The molecule has 1 aliphatic rings. The van der Waals surface area contributed by atoms with E-state index in [1.165, 1.54) is 10.4 Å². The van der Waals surface area contributed by atoms with Crippen molar-refractivity contribution >= 4 is 33.2 Å². The number of nitrogens with one attached hydrogen (secondary N) is 1. The Morgan fingerprint density at radius 1 is 1.09 bits per heavy atom. The summed E-state index contributed by atoms with van der Waals surface area (Å²) in [6, 6.07) is 18.8. The molecule has 34 heavy (non-hydrogen) atoms. The number of nitrogens with zero attached hydrogens (tertiary/aromatic N) is 1. The van der Waals surface area contributed by atoms with Crippen LogP contribution in [0.25, 0.3) is 0 Å². The van der Waals surface area contributed by atoms with Crippen molar-refractivity contribution in [3.8, 4) is 11.5 Å². The Balaban J connectivity index is 1.49. The molecule has 0 spiro atoms. The van der Waals surface area contributed by atoms with Gasteiger partial charge in [-0.15, -0.1) is 0 Å². The summed E-state index contributed by atoms with van der Waals surface area (Å²) in [6.45, 7) is 4.16. The Bertz CT molecular complexity index is 1290. The third-order valence-electron chi connectivity index (χ3n) is 5.35. The average Bonchev–Trinajstić information content (AvgIpc) is 2.81. The number of anilines is 1. The summed E-state index contributed by atoms with van der Waals surface area (Å²) in [5.41, 5.74) is 2.31. The summed E-state index contributed by atoms with van der Waals surface area (Å²) in [7, 11) is -3.95. The molecule has 0 radical (unpaired) electrons. The van der Waals surface area contributed by atoms with Gasteiger partial charge in [0.25, 0.3) is 15.9 Å². The van der Waals surface area contributed by atoms with Gasteiger partial charge in [-0.2, -0.15) is 0 Å². The molecular weight excluding hydrogens is 476 g/mol. The first-order valence-corrected chi connectivity index (χ1v) is 12.6. The van der Waals surface area contributed by atoms with Gasteiger partial charge in [-0.3, -0.25) is 9.10 Å². The zero-order chi connectivity index (χ0) is 24.3. The second-order valence-corrected chi connectivity index (χ2v) is 10.3. The zero-order valence-corrected chi connectivity index (χ0v) is 20.4. The number of fused-ring (bicyclic) bond motifs is 1. The van der Waals surface area contributed by atoms with Crippen molar-refractivity contribution in [1.29, 1.82) is 0 Å². The number of carbonyl (C=O) groups excluding carboxylic acids is 1. The standard InChI is InChI=1S/C25H25ClN2O5S/c1-17-6-9-21(10-7-17)34(30,31)28-16-24(33-23-11-8-19(26)15-22(23)28)25(29)27-12-13-32-20-5-3-4-18(2)14-20/h3-11,14-15,24H,12-13,16H2,1-2H3,(H,27,29). The molecule has 1 amide bonds. The van der Waals surface area contributed by atoms with Gasteiger partial charge in [0.15, 0.2) is 6.10 Å². The van der Waals surface area contributed by atoms with Crippen LogP contribution >= 0.6 is 11.6 Å². The quantitative estimate of drug-likeness (QED) is 0.493. The van der Waals surface area contributed by atoms with Crippen molar-refractivity contribution in [3.63, 3.8) is 0 Å². The maximum atomic E-state index is 13.5. The highest BCUT2D eigenvalue weighted by Gasteiger charge is 2.37. The summed E-state index contributed by atoms with van der Waals surface area (Å²) < 4.78 is 39.6. The molecule has 0 saturated carbocycles. The van der Waals surface area contributed by atoms with Crippen LogP contribution in [-0.2, 0) is 14.8 Å². The van der Waals surface area contributed by atoms with Crippen molar-refractivity contribution < 1.29 is 22.7 Å². The summed E-state index contributed by atoms with van der Waals surface area (Å²) in [6.07, 6.45) is -1.03. The lowest BCUT2D eigenvalue weighted by atomic mass is 10.2. The van der Waals surface area contributed by atoms with Crippen LogP contribution in [0.1, 0.15) is 11.1 Å². The number of ether oxygens (including phenoxy) is 2. The van der Waals surface area contributed by atoms with Crippen LogP contribution in [0.2, 0.25) is 5.02 Å². The molecular formula is C25H25ClN2O5S. The highest BCUT2D eigenvalue weighted by Crippen LogP contribution is 2.38. The predicted octanol–water partition coefficient (Wildman–Crippen LogP) is 4.11. The Morgan fingerprint density at radius 3 is 2.59 bits per heavy atom. The summed E-state index contributed by atoms with van der Waals surface area (Å²) >= 11 is 6.13. The Hall–Kier alpha value is -3.23. The van der Waals surface area contributed by atoms with Gasteiger partial charge in [0, 0.05) is 5.02 Å². The second-order valence-electron chi connectivity index (χ2n) is 8.02. The number of aryl methyl sites for hydroxylation is 2. The molecule has 178 valence electrons. The fourth-order valence-corrected chi connectivity index (χ4v) is 5.22. The average molecular weight is 501 g/mol. The molecule has 3 aromatic rings. The predicted molar refractivity (Wildman–Crippen MR) is 131 cm³/mol. The van der Waals surface area contributed by atoms with Crippen molar-refractivity contribution in [2.75, 3.05) is 24.0 Å². The normalized spacial score (nSPS) is 15.3. The molecule has 7 nitrogen and oxygen atoms in total. The molecule has 1 aliphatic heterocycles. The zero-order valence-electron chi connectivity index (χ0n) is 18.8. The van der Waals surface area contributed by atoms with E-state index in [1.54, 1.807) is 36.4 Å². The second kappa shape index (κ2) is 9.95. The van der Waals surface area contributed by atoms with Crippen LogP contribution in [0.15, 0.2) is 71.6 Å². The lowest BCUT2D eigenvalue weighted by Crippen LogP contribution is -2.51. The molecule has 3 aromatic carbocycles. The van der Waals surface area contributed by atoms with Crippen molar-refractivity contribution in [2.24, 2.45) is 0 Å². The van der Waals surface area contributed by atoms with Crippen LogP contribution in [0.5, 0.6) is 11.5 Å². The van der Waals surface area contributed by atoms with Crippen LogP contribution in [0.3, 0.4) is 0 Å². The van der Waals surface area contributed by atoms with Gasteiger partial charge in [0.1, 0.15) is 18.1 Å². The van der Waals surface area contributed by atoms with E-state index in [2.05, 4.69) is 5.32 Å². The van der Waals surface area contributed by atoms with E-state index in [0.717, 1.165) is 11.1 Å². The van der Waals surface area contributed by atoms with E-state index in [9.17, 15) is 13.2 Å². The summed E-state index contributed by atoms with van der Waals surface area (Å²) in [4.78, 5) is 13.0. The van der Waals surface area contributed by atoms with Crippen LogP contribution < -0.4 is 19.1 Å². The summed E-state index contributed by atoms with van der Waals surface area (Å²) in [5, 5.41) is 3.13. The van der Waals surface area contributed by atoms with Crippen LogP contribution in [0.4, 0.5) is 5.69 Å². The molecule has 1 unspecified atom stereocenters. The smallest absolute Gasteiger partial charge is 0.264 e. The lowest BCUT2D eigenvalue weighted by Gasteiger charge is -2.34. The van der Waals surface area contributed by atoms with Crippen LogP contribution in [0, 0.1) is 13.8 Å². The van der Waals surface area contributed by atoms with Gasteiger partial charge in [-0.25, -0.2) is 8.42 Å². The van der Waals surface area contributed by atoms with E-state index >= 15 is 0 Å². The molecule has 1 heterocycles. The van der Waals surface area contributed by atoms with Crippen molar-refractivity contribution in [3.05, 3.63) is 82.9 Å². The first kappa shape index (κ1) is 23.9. The molecule has 1 atom stereocenters. The number of benzene rings is 3. The lowest BCUT2D eigenvalue weighted by molar-refractivity contribution is -0.127. The maximum Gasteiger partial charge on any atom is 0.264 e. The van der Waals surface area contributed by atoms with Gasteiger partial charge in [-0.1, -0.05) is 41.4 Å². The third-order valence-corrected chi connectivity index (χ3v) is 7.38. The number of amides is 1. The minimum atomic E-state index is -3.95. The fraction of sp³-hybridized carbons (Fsp3) is 0.240. The first-order valence-electron chi connectivity index (χ1n) is 10.8. The van der Waals surface area contributed by atoms with Gasteiger partial charge in [0.05, 0.1) is 23.7 Å². The fourth-order valence-electron chi connectivity index (χ4n) is 3.59. The molecule has 0 fully saturated rings. The molecule has 9 heteroatoms. The Morgan fingerprint density at radius 2 is 1.85 bits per heavy atom. The van der Waals surface area contributed by atoms with Gasteiger partial charge >= 0.3 is 0 Å². The first-order chi connectivity index (χ1) is 16.2. The summed E-state index contributed by atoms with van der Waals surface area (Å²) in [5.74, 6) is 0.546. The Labute approximate surface area is 204 Å². The van der Waals surface area contributed by atoms with Crippen LogP contribution in [-0.4, -0.2) is 40.1 Å². The van der Waals surface area contributed by atoms with Crippen molar-refractivity contribution in [1.82, 2.24) is 5.32 Å². The highest BCUT2D eigenvalue weighted by atomic mass is 35.5. The van der Waals surface area contributed by atoms with Gasteiger partial charge < -0.3 is 14.8 Å². The topological polar surface area (TPSA) is 84.9 Å². The largest absolute Gasteiger partial charge is 0.492 e. The van der Waals surface area contributed by atoms with E-state index < -0.39 is 22.0 Å². The molecule has 0 saturated heterocycles. The van der Waals surface area contributed by atoms with E-state index in [-0.39, 0.29) is 30.3 Å². The number of halogens is 1. The third kappa shape index (κ3) is 5.29. The monoisotopic (exact) mass is 500 g/mol. The molecule has 1 N–H and O–H groups in total. The SMILES string of the molecule is Cc1ccc(S(=O)(=O)N2CC(C(=O)NCCOc3cccc(C)c3)Oc3ccc(Cl)cc32)cc1. The highest BCUT2D eigenvalue weighted by molar-refractivity contribution is 7.92. The Kier molecular flexibility index (Phi) is 7.00. The van der Waals surface area contributed by atoms with Gasteiger partial charge in [0.2, 0.25) is 0 Å². The van der Waals surface area contributed by atoms with E-state index in [0.29, 0.717) is 16.5 Å². The molecule has 0 bridgehead atoms. The molecule has 4 rings (SSSR count). The van der Waals surface area contributed by atoms with E-state index in [1.807, 2.05) is 38.1 Å².